The molecule has 2 fully saturated rings. The molecule has 1 atom stereocenters. The van der Waals surface area contributed by atoms with Crippen LogP contribution in [0.1, 0.15) is 48.5 Å². The molecule has 3 rings (SSSR count). The number of allylic oxidation sites excluding steroid dienone is 2. The Morgan fingerprint density at radius 1 is 1.15 bits per heavy atom. The van der Waals surface area contributed by atoms with Gasteiger partial charge in [-0.05, 0) is 75.2 Å². The lowest BCUT2D eigenvalue weighted by molar-refractivity contribution is 0.0709. The fourth-order valence-corrected chi connectivity index (χ4v) is 4.51. The van der Waals surface area contributed by atoms with Crippen LogP contribution in [0.4, 0.5) is 0 Å². The summed E-state index contributed by atoms with van der Waals surface area (Å²) in [5.41, 5.74) is 2.71. The number of carbonyl (C=O) groups is 1. The zero-order valence-electron chi connectivity index (χ0n) is 15.7. The first kappa shape index (κ1) is 19.0. The predicted molar refractivity (Wildman–Crippen MR) is 108 cm³/mol. The second-order valence-corrected chi connectivity index (χ2v) is 7.97. The SMILES string of the molecule is CS/C(C#N)=C(\C)c1ccc(C(=O)N2CCCC2CN2CCCC2)cc1. The van der Waals surface area contributed by atoms with Crippen molar-refractivity contribution in [3.05, 3.63) is 40.3 Å². The van der Waals surface area contributed by atoms with Gasteiger partial charge in [0.05, 0.1) is 4.91 Å². The normalized spacial score (nSPS) is 21.6. The van der Waals surface area contributed by atoms with E-state index in [0.717, 1.165) is 42.6 Å². The lowest BCUT2D eigenvalue weighted by Crippen LogP contribution is -2.42. The summed E-state index contributed by atoms with van der Waals surface area (Å²) in [6, 6.07) is 10.3. The van der Waals surface area contributed by atoms with Crippen LogP contribution in [0, 0.1) is 11.3 Å². The highest BCUT2D eigenvalue weighted by molar-refractivity contribution is 8.02. The average molecular weight is 370 g/mol. The van der Waals surface area contributed by atoms with Gasteiger partial charge in [0.1, 0.15) is 6.07 Å². The molecule has 4 nitrogen and oxygen atoms in total. The van der Waals surface area contributed by atoms with E-state index in [1.807, 2.05) is 37.4 Å². The quantitative estimate of drug-likeness (QED) is 0.736. The van der Waals surface area contributed by atoms with Crippen molar-refractivity contribution in [1.82, 2.24) is 9.80 Å². The lowest BCUT2D eigenvalue weighted by atomic mass is 10.0. The van der Waals surface area contributed by atoms with Crippen LogP contribution in [0.25, 0.3) is 5.57 Å². The molecule has 1 amide bonds. The number of likely N-dealkylation sites (tertiary alicyclic amines) is 2. The van der Waals surface area contributed by atoms with Crippen molar-refractivity contribution in [2.24, 2.45) is 0 Å². The number of hydrogen-bond donors (Lipinski definition) is 0. The molecule has 1 aromatic rings. The van der Waals surface area contributed by atoms with Crippen LogP contribution in [0.2, 0.25) is 0 Å². The van der Waals surface area contributed by atoms with Crippen molar-refractivity contribution in [2.45, 2.75) is 38.6 Å². The molecule has 0 radical (unpaired) electrons. The minimum atomic E-state index is 0.144. The molecular weight excluding hydrogens is 342 g/mol. The highest BCUT2D eigenvalue weighted by Gasteiger charge is 2.31. The first-order valence-corrected chi connectivity index (χ1v) is 10.6. The van der Waals surface area contributed by atoms with E-state index in [1.54, 1.807) is 0 Å². The van der Waals surface area contributed by atoms with Gasteiger partial charge in [0.2, 0.25) is 0 Å². The Morgan fingerprint density at radius 3 is 2.42 bits per heavy atom. The number of thioether (sulfide) groups is 1. The smallest absolute Gasteiger partial charge is 0.254 e. The van der Waals surface area contributed by atoms with Gasteiger partial charge in [-0.2, -0.15) is 5.26 Å². The molecule has 0 aliphatic carbocycles. The molecular formula is C21H27N3OS. The van der Waals surface area contributed by atoms with Gasteiger partial charge in [0, 0.05) is 24.7 Å². The Labute approximate surface area is 160 Å². The second-order valence-electron chi connectivity index (χ2n) is 7.15. The van der Waals surface area contributed by atoms with Crippen LogP contribution in [0.5, 0.6) is 0 Å². The van der Waals surface area contributed by atoms with E-state index in [2.05, 4.69) is 15.9 Å². The summed E-state index contributed by atoms with van der Waals surface area (Å²) in [5.74, 6) is 0.144. The standard InChI is InChI=1S/C21H27N3OS/c1-16(20(14-22)26-2)17-7-9-18(10-8-17)21(25)24-13-5-6-19(24)15-23-11-3-4-12-23/h7-10,19H,3-6,11-13,15H2,1-2H3/b20-16+. The van der Waals surface area contributed by atoms with E-state index < -0.39 is 0 Å². The van der Waals surface area contributed by atoms with E-state index in [1.165, 1.54) is 37.7 Å². The Hall–Kier alpha value is -1.77. The number of amides is 1. The number of nitrogens with zero attached hydrogens (tertiary/aromatic N) is 3. The van der Waals surface area contributed by atoms with Gasteiger partial charge in [0.15, 0.2) is 0 Å². The number of nitriles is 1. The van der Waals surface area contributed by atoms with E-state index in [4.69, 9.17) is 0 Å². The van der Waals surface area contributed by atoms with Gasteiger partial charge in [-0.25, -0.2) is 0 Å². The third-order valence-corrected chi connectivity index (χ3v) is 6.32. The summed E-state index contributed by atoms with van der Waals surface area (Å²) >= 11 is 1.46. The zero-order valence-corrected chi connectivity index (χ0v) is 16.5. The third-order valence-electron chi connectivity index (χ3n) is 5.52. The van der Waals surface area contributed by atoms with Crippen LogP contribution in [0.15, 0.2) is 29.2 Å². The summed E-state index contributed by atoms with van der Waals surface area (Å²) in [4.78, 5) is 18.3. The van der Waals surface area contributed by atoms with Gasteiger partial charge >= 0.3 is 0 Å². The van der Waals surface area contributed by atoms with Gasteiger partial charge in [-0.1, -0.05) is 12.1 Å². The maximum absolute atomic E-state index is 13.0. The number of hydrogen-bond acceptors (Lipinski definition) is 4. The van der Waals surface area contributed by atoms with Crippen molar-refractivity contribution in [2.75, 3.05) is 32.4 Å². The maximum atomic E-state index is 13.0. The molecule has 26 heavy (non-hydrogen) atoms. The summed E-state index contributed by atoms with van der Waals surface area (Å²) in [6.07, 6.45) is 6.70. The van der Waals surface area contributed by atoms with Gasteiger partial charge in [0.25, 0.3) is 5.91 Å². The molecule has 1 aromatic carbocycles. The fraction of sp³-hybridized carbons (Fsp3) is 0.524. The van der Waals surface area contributed by atoms with E-state index >= 15 is 0 Å². The molecule has 2 aliphatic rings. The number of carbonyl (C=O) groups excluding carboxylic acids is 1. The van der Waals surface area contributed by atoms with Crippen molar-refractivity contribution in [3.8, 4) is 6.07 Å². The second kappa shape index (κ2) is 8.75. The van der Waals surface area contributed by atoms with Crippen molar-refractivity contribution in [1.29, 1.82) is 5.26 Å². The Bertz CT molecular complexity index is 714. The Kier molecular flexibility index (Phi) is 6.39. The zero-order chi connectivity index (χ0) is 18.5. The number of benzene rings is 1. The van der Waals surface area contributed by atoms with Gasteiger partial charge in [-0.15, -0.1) is 11.8 Å². The van der Waals surface area contributed by atoms with Crippen LogP contribution in [-0.2, 0) is 0 Å². The molecule has 138 valence electrons. The molecule has 0 spiro atoms. The van der Waals surface area contributed by atoms with Gasteiger partial charge < -0.3 is 9.80 Å². The van der Waals surface area contributed by atoms with Crippen LogP contribution in [0.3, 0.4) is 0 Å². The summed E-state index contributed by atoms with van der Waals surface area (Å²) in [7, 11) is 0. The molecule has 2 heterocycles. The molecule has 0 bridgehead atoms. The minimum absolute atomic E-state index is 0.144. The van der Waals surface area contributed by atoms with Crippen molar-refractivity contribution < 1.29 is 4.79 Å². The first-order valence-electron chi connectivity index (χ1n) is 9.42. The molecule has 0 N–H and O–H groups in total. The molecule has 0 aromatic heterocycles. The van der Waals surface area contributed by atoms with Crippen LogP contribution < -0.4 is 0 Å². The minimum Gasteiger partial charge on any atom is -0.334 e. The molecule has 2 saturated heterocycles. The highest BCUT2D eigenvalue weighted by atomic mass is 32.2. The number of rotatable bonds is 5. The summed E-state index contributed by atoms with van der Waals surface area (Å²) in [6.45, 7) is 6.19. The molecule has 5 heteroatoms. The van der Waals surface area contributed by atoms with Crippen LogP contribution >= 0.6 is 11.8 Å². The van der Waals surface area contributed by atoms with Crippen molar-refractivity contribution in [3.63, 3.8) is 0 Å². The summed E-state index contributed by atoms with van der Waals surface area (Å²) < 4.78 is 0. The first-order chi connectivity index (χ1) is 12.6. The fourth-order valence-electron chi connectivity index (χ4n) is 4.00. The van der Waals surface area contributed by atoms with Crippen molar-refractivity contribution >= 4 is 23.2 Å². The Balaban J connectivity index is 1.71. The lowest BCUT2D eigenvalue weighted by Gasteiger charge is -2.28. The van der Waals surface area contributed by atoms with E-state index in [9.17, 15) is 10.1 Å². The van der Waals surface area contributed by atoms with E-state index in [-0.39, 0.29) is 5.91 Å². The molecule has 0 saturated carbocycles. The maximum Gasteiger partial charge on any atom is 0.254 e. The predicted octanol–water partition coefficient (Wildman–Crippen LogP) is 4.00. The Morgan fingerprint density at radius 2 is 1.81 bits per heavy atom. The monoisotopic (exact) mass is 369 g/mol. The molecule has 1 unspecified atom stereocenters. The van der Waals surface area contributed by atoms with E-state index in [0.29, 0.717) is 10.9 Å². The average Bonchev–Trinajstić information content (AvgIpc) is 3.34. The van der Waals surface area contributed by atoms with Crippen LogP contribution in [-0.4, -0.2) is 54.2 Å². The summed E-state index contributed by atoms with van der Waals surface area (Å²) in [5, 5.41) is 9.20. The largest absolute Gasteiger partial charge is 0.334 e. The highest BCUT2D eigenvalue weighted by Crippen LogP contribution is 2.26. The van der Waals surface area contributed by atoms with Gasteiger partial charge in [-0.3, -0.25) is 4.79 Å². The molecule has 2 aliphatic heterocycles. The topological polar surface area (TPSA) is 47.3 Å². The third kappa shape index (κ3) is 4.13.